The average Bonchev–Trinajstić information content (AvgIpc) is 2.88. The van der Waals surface area contributed by atoms with Gasteiger partial charge in [-0.15, -0.1) is 10.2 Å². The first kappa shape index (κ1) is 13.4. The van der Waals surface area contributed by atoms with Gasteiger partial charge in [0.2, 0.25) is 11.0 Å². The van der Waals surface area contributed by atoms with E-state index in [1.807, 2.05) is 6.92 Å². The minimum Gasteiger partial charge on any atom is -0.304 e. The second-order valence-corrected chi connectivity index (χ2v) is 6.48. The number of hydrogen-bond donors (Lipinski definition) is 2. The summed E-state index contributed by atoms with van der Waals surface area (Å²) < 4.78 is 0. The molecule has 2 N–H and O–H groups in total. The van der Waals surface area contributed by atoms with E-state index in [2.05, 4.69) is 34.7 Å². The zero-order valence-electron chi connectivity index (χ0n) is 11.1. The van der Waals surface area contributed by atoms with Crippen LogP contribution in [0, 0.1) is 5.92 Å². The molecule has 0 saturated carbocycles. The molecule has 2 rings (SSSR count). The van der Waals surface area contributed by atoms with Crippen molar-refractivity contribution in [1.82, 2.24) is 15.5 Å². The molecule has 1 aliphatic heterocycles. The van der Waals surface area contributed by atoms with E-state index in [1.54, 1.807) is 0 Å². The fraction of sp³-hybridized carbons (Fsp3) is 0.750. The van der Waals surface area contributed by atoms with Crippen molar-refractivity contribution >= 4 is 22.4 Å². The first-order chi connectivity index (χ1) is 8.49. The SMILES string of the molecule is CC(C)Cc1nnc(NC(=O)C2(C)CCCN2)s1. The second-order valence-electron chi connectivity index (χ2n) is 5.42. The summed E-state index contributed by atoms with van der Waals surface area (Å²) in [5.74, 6) is 0.544. The van der Waals surface area contributed by atoms with Crippen molar-refractivity contribution in [1.29, 1.82) is 0 Å². The molecule has 1 aliphatic rings. The molecule has 0 aromatic carbocycles. The third kappa shape index (κ3) is 3.05. The van der Waals surface area contributed by atoms with Crippen LogP contribution < -0.4 is 10.6 Å². The fourth-order valence-corrected chi connectivity index (χ4v) is 3.01. The summed E-state index contributed by atoms with van der Waals surface area (Å²) >= 11 is 1.47. The maximum atomic E-state index is 12.1. The molecule has 100 valence electrons. The van der Waals surface area contributed by atoms with E-state index in [0.717, 1.165) is 30.8 Å². The molecule has 0 radical (unpaired) electrons. The van der Waals surface area contributed by atoms with Gasteiger partial charge in [0.25, 0.3) is 0 Å². The summed E-state index contributed by atoms with van der Waals surface area (Å²) in [5, 5.41) is 15.8. The van der Waals surface area contributed by atoms with E-state index in [9.17, 15) is 4.79 Å². The van der Waals surface area contributed by atoms with Gasteiger partial charge in [-0.2, -0.15) is 0 Å². The number of anilines is 1. The lowest BCUT2D eigenvalue weighted by molar-refractivity contribution is -0.121. The molecule has 1 aromatic heterocycles. The third-order valence-corrected chi connectivity index (χ3v) is 4.00. The third-order valence-electron chi connectivity index (χ3n) is 3.14. The summed E-state index contributed by atoms with van der Waals surface area (Å²) in [6, 6.07) is 0. The van der Waals surface area contributed by atoms with Crippen molar-refractivity contribution in [2.75, 3.05) is 11.9 Å². The number of carbonyl (C=O) groups is 1. The number of amides is 1. The molecule has 1 fully saturated rings. The highest BCUT2D eigenvalue weighted by Crippen LogP contribution is 2.23. The zero-order valence-corrected chi connectivity index (χ0v) is 11.9. The van der Waals surface area contributed by atoms with Crippen molar-refractivity contribution in [2.24, 2.45) is 5.92 Å². The molecule has 1 saturated heterocycles. The van der Waals surface area contributed by atoms with E-state index < -0.39 is 5.54 Å². The Bertz CT molecular complexity index is 423. The molecule has 0 aliphatic carbocycles. The largest absolute Gasteiger partial charge is 0.304 e. The van der Waals surface area contributed by atoms with Crippen LogP contribution in [-0.2, 0) is 11.2 Å². The topological polar surface area (TPSA) is 66.9 Å². The van der Waals surface area contributed by atoms with Crippen LogP contribution >= 0.6 is 11.3 Å². The molecule has 6 heteroatoms. The lowest BCUT2D eigenvalue weighted by Crippen LogP contribution is -2.47. The number of carbonyl (C=O) groups excluding carboxylic acids is 1. The molecule has 5 nitrogen and oxygen atoms in total. The Morgan fingerprint density at radius 1 is 1.56 bits per heavy atom. The first-order valence-electron chi connectivity index (χ1n) is 6.38. The van der Waals surface area contributed by atoms with Gasteiger partial charge < -0.3 is 5.32 Å². The Hall–Kier alpha value is -1.01. The van der Waals surface area contributed by atoms with Crippen molar-refractivity contribution in [3.05, 3.63) is 5.01 Å². The van der Waals surface area contributed by atoms with Gasteiger partial charge in [0.1, 0.15) is 5.01 Å². The smallest absolute Gasteiger partial charge is 0.246 e. The first-order valence-corrected chi connectivity index (χ1v) is 7.20. The van der Waals surface area contributed by atoms with Crippen LogP contribution in [-0.4, -0.2) is 28.2 Å². The minimum absolute atomic E-state index is 0.00718. The summed E-state index contributed by atoms with van der Waals surface area (Å²) in [4.78, 5) is 12.1. The van der Waals surface area contributed by atoms with E-state index >= 15 is 0 Å². The molecular formula is C12H20N4OS. The van der Waals surface area contributed by atoms with Gasteiger partial charge in [0.05, 0.1) is 5.54 Å². The molecule has 2 heterocycles. The van der Waals surface area contributed by atoms with Crippen molar-refractivity contribution < 1.29 is 4.79 Å². The van der Waals surface area contributed by atoms with Gasteiger partial charge in [0.15, 0.2) is 0 Å². The Balaban J connectivity index is 1.96. The van der Waals surface area contributed by atoms with Crippen LogP contribution in [0.15, 0.2) is 0 Å². The molecule has 0 bridgehead atoms. The number of rotatable bonds is 4. The Kier molecular flexibility index (Phi) is 3.97. The monoisotopic (exact) mass is 268 g/mol. The minimum atomic E-state index is -0.454. The molecule has 1 unspecified atom stereocenters. The lowest BCUT2D eigenvalue weighted by atomic mass is 10.00. The predicted molar refractivity (Wildman–Crippen MR) is 72.7 cm³/mol. The van der Waals surface area contributed by atoms with E-state index in [1.165, 1.54) is 11.3 Å². The van der Waals surface area contributed by atoms with Crippen molar-refractivity contribution in [3.8, 4) is 0 Å². The number of hydrogen-bond acceptors (Lipinski definition) is 5. The van der Waals surface area contributed by atoms with Crippen LogP contribution in [0.3, 0.4) is 0 Å². The van der Waals surface area contributed by atoms with Crippen LogP contribution in [0.1, 0.15) is 38.6 Å². The molecule has 1 amide bonds. The summed E-state index contributed by atoms with van der Waals surface area (Å²) in [5.41, 5.74) is -0.454. The summed E-state index contributed by atoms with van der Waals surface area (Å²) in [7, 11) is 0. The second kappa shape index (κ2) is 5.32. The van der Waals surface area contributed by atoms with Crippen LogP contribution in [0.5, 0.6) is 0 Å². The van der Waals surface area contributed by atoms with Crippen LogP contribution in [0.2, 0.25) is 0 Å². The van der Waals surface area contributed by atoms with Crippen LogP contribution in [0.4, 0.5) is 5.13 Å². The standard InChI is InChI=1S/C12H20N4OS/c1-8(2)7-9-15-16-11(18-9)14-10(17)12(3)5-4-6-13-12/h8,13H,4-7H2,1-3H3,(H,14,16,17). The van der Waals surface area contributed by atoms with Gasteiger partial charge >= 0.3 is 0 Å². The van der Waals surface area contributed by atoms with Gasteiger partial charge in [-0.3, -0.25) is 10.1 Å². The Morgan fingerprint density at radius 2 is 2.33 bits per heavy atom. The maximum Gasteiger partial charge on any atom is 0.246 e. The highest BCUT2D eigenvalue weighted by atomic mass is 32.1. The number of nitrogens with one attached hydrogen (secondary N) is 2. The summed E-state index contributed by atoms with van der Waals surface area (Å²) in [6.07, 6.45) is 2.82. The molecule has 1 atom stereocenters. The maximum absolute atomic E-state index is 12.1. The lowest BCUT2D eigenvalue weighted by Gasteiger charge is -2.21. The van der Waals surface area contributed by atoms with E-state index in [-0.39, 0.29) is 5.91 Å². The normalized spacial score (nSPS) is 23.6. The highest BCUT2D eigenvalue weighted by Gasteiger charge is 2.36. The average molecular weight is 268 g/mol. The quantitative estimate of drug-likeness (QED) is 0.874. The van der Waals surface area contributed by atoms with Crippen molar-refractivity contribution in [2.45, 2.75) is 45.6 Å². The van der Waals surface area contributed by atoms with E-state index in [4.69, 9.17) is 0 Å². The molecular weight excluding hydrogens is 248 g/mol. The number of nitrogens with zero attached hydrogens (tertiary/aromatic N) is 2. The van der Waals surface area contributed by atoms with E-state index in [0.29, 0.717) is 11.0 Å². The Labute approximate surface area is 111 Å². The predicted octanol–water partition coefficient (Wildman–Crippen LogP) is 1.82. The van der Waals surface area contributed by atoms with Gasteiger partial charge in [-0.1, -0.05) is 25.2 Å². The molecule has 18 heavy (non-hydrogen) atoms. The zero-order chi connectivity index (χ0) is 13.2. The number of aromatic nitrogens is 2. The van der Waals surface area contributed by atoms with Gasteiger partial charge in [0, 0.05) is 6.42 Å². The van der Waals surface area contributed by atoms with Crippen LogP contribution in [0.25, 0.3) is 0 Å². The van der Waals surface area contributed by atoms with Gasteiger partial charge in [-0.25, -0.2) is 0 Å². The Morgan fingerprint density at radius 3 is 2.94 bits per heavy atom. The highest BCUT2D eigenvalue weighted by molar-refractivity contribution is 7.15. The fourth-order valence-electron chi connectivity index (χ4n) is 2.06. The van der Waals surface area contributed by atoms with Gasteiger partial charge in [-0.05, 0) is 32.2 Å². The van der Waals surface area contributed by atoms with Crippen molar-refractivity contribution in [3.63, 3.8) is 0 Å². The molecule has 1 aromatic rings. The summed E-state index contributed by atoms with van der Waals surface area (Å²) in [6.45, 7) is 7.12. The molecule has 0 spiro atoms.